The summed E-state index contributed by atoms with van der Waals surface area (Å²) in [5.41, 5.74) is 5.16. The SMILES string of the molecule is Cc1cc(=O)n2[nH]c(C)c(-c3cnc(N(C)C)cc3C)c2n1. The fourth-order valence-electron chi connectivity index (χ4n) is 2.63. The van der Waals surface area contributed by atoms with Crippen LogP contribution in [0.4, 0.5) is 5.82 Å². The van der Waals surface area contributed by atoms with Gasteiger partial charge in [-0.05, 0) is 32.4 Å². The average Bonchev–Trinajstić information content (AvgIpc) is 2.75. The number of nitrogens with one attached hydrogen (secondary N) is 1. The molecule has 0 atom stereocenters. The molecule has 3 rings (SSSR count). The van der Waals surface area contributed by atoms with Gasteiger partial charge in [0.15, 0.2) is 5.65 Å². The van der Waals surface area contributed by atoms with Crippen LogP contribution in [0.5, 0.6) is 0 Å². The summed E-state index contributed by atoms with van der Waals surface area (Å²) >= 11 is 0. The highest BCUT2D eigenvalue weighted by Crippen LogP contribution is 2.30. The predicted octanol–water partition coefficient (Wildman–Crippen LogP) is 2.08. The van der Waals surface area contributed by atoms with Crippen molar-refractivity contribution in [2.24, 2.45) is 0 Å². The molecular formula is C16H19N5O. The van der Waals surface area contributed by atoms with Crippen molar-refractivity contribution in [3.8, 4) is 11.1 Å². The molecule has 0 saturated carbocycles. The molecule has 3 aromatic heterocycles. The lowest BCUT2D eigenvalue weighted by Crippen LogP contribution is -2.14. The van der Waals surface area contributed by atoms with Gasteiger partial charge in [-0.3, -0.25) is 9.89 Å². The number of nitrogens with zero attached hydrogens (tertiary/aromatic N) is 4. The molecular weight excluding hydrogens is 278 g/mol. The summed E-state index contributed by atoms with van der Waals surface area (Å²) < 4.78 is 1.48. The Morgan fingerprint density at radius 3 is 2.55 bits per heavy atom. The zero-order chi connectivity index (χ0) is 16.0. The first-order valence-corrected chi connectivity index (χ1v) is 7.12. The number of fused-ring (bicyclic) bond motifs is 1. The second-order valence-electron chi connectivity index (χ2n) is 5.76. The van der Waals surface area contributed by atoms with Crippen molar-refractivity contribution in [1.29, 1.82) is 0 Å². The summed E-state index contributed by atoms with van der Waals surface area (Å²) in [5, 5.41) is 3.09. The molecule has 6 heteroatoms. The van der Waals surface area contributed by atoms with Crippen molar-refractivity contribution in [1.82, 2.24) is 19.6 Å². The van der Waals surface area contributed by atoms with Gasteiger partial charge in [0.2, 0.25) is 0 Å². The summed E-state index contributed by atoms with van der Waals surface area (Å²) in [7, 11) is 3.92. The normalized spacial score (nSPS) is 11.1. The number of hydrogen-bond donors (Lipinski definition) is 1. The number of rotatable bonds is 2. The number of H-pyrrole nitrogens is 1. The van der Waals surface area contributed by atoms with E-state index < -0.39 is 0 Å². The quantitative estimate of drug-likeness (QED) is 0.786. The van der Waals surface area contributed by atoms with Gasteiger partial charge in [0.05, 0.1) is 0 Å². The molecule has 6 nitrogen and oxygen atoms in total. The number of pyridine rings is 1. The van der Waals surface area contributed by atoms with Crippen LogP contribution in [0.15, 0.2) is 23.1 Å². The van der Waals surface area contributed by atoms with Crippen molar-refractivity contribution in [3.63, 3.8) is 0 Å². The minimum atomic E-state index is -0.104. The smallest absolute Gasteiger partial charge is 0.272 e. The lowest BCUT2D eigenvalue weighted by Gasteiger charge is -2.13. The Balaban J connectivity index is 2.31. The third-order valence-electron chi connectivity index (χ3n) is 3.75. The van der Waals surface area contributed by atoms with E-state index in [1.165, 1.54) is 10.6 Å². The van der Waals surface area contributed by atoms with Crippen LogP contribution in [0.25, 0.3) is 16.8 Å². The molecule has 22 heavy (non-hydrogen) atoms. The van der Waals surface area contributed by atoms with Crippen molar-refractivity contribution in [3.05, 3.63) is 45.6 Å². The summed E-state index contributed by atoms with van der Waals surface area (Å²) in [6.45, 7) is 5.81. The largest absolute Gasteiger partial charge is 0.363 e. The van der Waals surface area contributed by atoms with Crippen molar-refractivity contribution < 1.29 is 0 Å². The van der Waals surface area contributed by atoms with Crippen LogP contribution in [0.2, 0.25) is 0 Å². The molecule has 0 radical (unpaired) electrons. The molecule has 0 aliphatic carbocycles. The number of hydrogen-bond acceptors (Lipinski definition) is 4. The minimum Gasteiger partial charge on any atom is -0.363 e. The first-order chi connectivity index (χ1) is 10.4. The third-order valence-corrected chi connectivity index (χ3v) is 3.75. The van der Waals surface area contributed by atoms with Gasteiger partial charge in [-0.1, -0.05) is 0 Å². The van der Waals surface area contributed by atoms with Crippen molar-refractivity contribution >= 4 is 11.5 Å². The number of anilines is 1. The maximum absolute atomic E-state index is 12.1. The molecule has 0 spiro atoms. The fourth-order valence-corrected chi connectivity index (χ4v) is 2.63. The zero-order valence-electron chi connectivity index (χ0n) is 13.4. The Bertz CT molecular complexity index is 920. The van der Waals surface area contributed by atoms with Gasteiger partial charge in [0.25, 0.3) is 5.56 Å². The minimum absolute atomic E-state index is 0.104. The van der Waals surface area contributed by atoms with Crippen molar-refractivity contribution in [2.75, 3.05) is 19.0 Å². The lowest BCUT2D eigenvalue weighted by atomic mass is 10.0. The average molecular weight is 297 g/mol. The molecule has 3 heterocycles. The van der Waals surface area contributed by atoms with E-state index in [0.29, 0.717) is 11.3 Å². The standard InChI is InChI=1S/C16H19N5O/c1-9-6-13(20(4)5)17-8-12(9)15-11(3)19-21-14(22)7-10(2)18-16(15)21/h6-8,19H,1-5H3. The van der Waals surface area contributed by atoms with Gasteiger partial charge in [0.1, 0.15) is 5.82 Å². The fraction of sp³-hybridized carbons (Fsp3) is 0.312. The molecule has 114 valence electrons. The summed E-state index contributed by atoms with van der Waals surface area (Å²) in [6, 6.07) is 3.55. The Morgan fingerprint density at radius 1 is 1.18 bits per heavy atom. The Labute approximate surface area is 128 Å². The number of aryl methyl sites for hydroxylation is 3. The van der Waals surface area contributed by atoms with Crippen LogP contribution in [-0.2, 0) is 0 Å². The van der Waals surface area contributed by atoms with E-state index in [2.05, 4.69) is 15.1 Å². The molecule has 0 aliphatic rings. The molecule has 0 bridgehead atoms. The maximum Gasteiger partial charge on any atom is 0.272 e. The van der Waals surface area contributed by atoms with Crippen LogP contribution in [0.1, 0.15) is 17.0 Å². The van der Waals surface area contributed by atoms with E-state index in [0.717, 1.165) is 28.2 Å². The zero-order valence-corrected chi connectivity index (χ0v) is 13.4. The molecule has 0 saturated heterocycles. The van der Waals surface area contributed by atoms with Crippen LogP contribution in [0.3, 0.4) is 0 Å². The van der Waals surface area contributed by atoms with Crippen LogP contribution in [0, 0.1) is 20.8 Å². The van der Waals surface area contributed by atoms with Gasteiger partial charge in [-0.25, -0.2) is 14.5 Å². The molecule has 0 aliphatic heterocycles. The molecule has 0 aromatic carbocycles. The van der Waals surface area contributed by atoms with E-state index in [9.17, 15) is 4.79 Å². The van der Waals surface area contributed by atoms with Crippen LogP contribution >= 0.6 is 0 Å². The molecule has 0 fully saturated rings. The summed E-state index contributed by atoms with van der Waals surface area (Å²) in [6.07, 6.45) is 1.84. The molecule has 1 N–H and O–H groups in total. The third kappa shape index (κ3) is 2.16. The van der Waals surface area contributed by atoms with Gasteiger partial charge in [-0.2, -0.15) is 0 Å². The number of aromatic nitrogens is 4. The number of aromatic amines is 1. The highest BCUT2D eigenvalue weighted by Gasteiger charge is 2.16. The van der Waals surface area contributed by atoms with E-state index in [-0.39, 0.29) is 5.56 Å². The maximum atomic E-state index is 12.1. The van der Waals surface area contributed by atoms with Crippen molar-refractivity contribution in [2.45, 2.75) is 20.8 Å². The predicted molar refractivity (Wildman–Crippen MR) is 87.6 cm³/mol. The highest BCUT2D eigenvalue weighted by atomic mass is 16.1. The first kappa shape index (κ1) is 14.3. The highest BCUT2D eigenvalue weighted by molar-refractivity contribution is 5.81. The topological polar surface area (TPSA) is 66.3 Å². The van der Waals surface area contributed by atoms with E-state index >= 15 is 0 Å². The molecule has 0 amide bonds. The molecule has 3 aromatic rings. The first-order valence-electron chi connectivity index (χ1n) is 7.12. The summed E-state index contributed by atoms with van der Waals surface area (Å²) in [4.78, 5) is 23.1. The molecule has 0 unspecified atom stereocenters. The van der Waals surface area contributed by atoms with Gasteiger partial charge in [0, 0.05) is 48.9 Å². The second-order valence-corrected chi connectivity index (χ2v) is 5.76. The van der Waals surface area contributed by atoms with Gasteiger partial charge < -0.3 is 4.90 Å². The lowest BCUT2D eigenvalue weighted by molar-refractivity contribution is 0.873. The van der Waals surface area contributed by atoms with Crippen LogP contribution < -0.4 is 10.5 Å². The summed E-state index contributed by atoms with van der Waals surface area (Å²) in [5.74, 6) is 0.903. The second kappa shape index (κ2) is 4.98. The van der Waals surface area contributed by atoms with Crippen LogP contribution in [-0.4, -0.2) is 33.7 Å². The van der Waals surface area contributed by atoms with Gasteiger partial charge in [-0.15, -0.1) is 0 Å². The van der Waals surface area contributed by atoms with E-state index in [1.807, 2.05) is 52.0 Å². The monoisotopic (exact) mass is 297 g/mol. The Morgan fingerprint density at radius 2 is 1.91 bits per heavy atom. The van der Waals surface area contributed by atoms with Gasteiger partial charge >= 0.3 is 0 Å². The van der Waals surface area contributed by atoms with E-state index in [4.69, 9.17) is 0 Å². The Kier molecular flexibility index (Phi) is 3.24. The van der Waals surface area contributed by atoms with E-state index in [1.54, 1.807) is 0 Å². The Hall–Kier alpha value is -2.63.